The molecule has 7 heteroatoms. The summed E-state index contributed by atoms with van der Waals surface area (Å²) in [5.74, 6) is 1.02. The summed E-state index contributed by atoms with van der Waals surface area (Å²) in [4.78, 5) is 15.0. The highest BCUT2D eigenvalue weighted by Crippen LogP contribution is 2.32. The molecule has 154 valence electrons. The van der Waals surface area contributed by atoms with Gasteiger partial charge in [0.1, 0.15) is 6.61 Å². The van der Waals surface area contributed by atoms with Gasteiger partial charge >= 0.3 is 0 Å². The Hall–Kier alpha value is -2.54. The number of carbonyl (C=O) groups is 1. The van der Waals surface area contributed by atoms with E-state index in [1.807, 2.05) is 36.4 Å². The van der Waals surface area contributed by atoms with Crippen molar-refractivity contribution in [2.75, 3.05) is 18.1 Å². The number of hydrogen-bond acceptors (Lipinski definition) is 5. The topological polar surface area (TPSA) is 72.9 Å². The van der Waals surface area contributed by atoms with Crippen molar-refractivity contribution in [2.45, 2.75) is 38.5 Å². The second kappa shape index (κ2) is 8.06. The summed E-state index contributed by atoms with van der Waals surface area (Å²) in [5.41, 5.74) is 2.19. The van der Waals surface area contributed by atoms with Gasteiger partial charge in [-0.3, -0.25) is 4.79 Å². The monoisotopic (exact) mass is 415 g/mol. The fraction of sp³-hybridized carbons (Fsp3) is 0.409. The van der Waals surface area contributed by atoms with Crippen LogP contribution in [0.4, 0.5) is 0 Å². The maximum atomic E-state index is 13.4. The first-order chi connectivity index (χ1) is 13.9. The van der Waals surface area contributed by atoms with Crippen molar-refractivity contribution >= 4 is 15.7 Å². The number of carbonyl (C=O) groups excluding carboxylic acids is 1. The maximum absolute atomic E-state index is 13.4. The van der Waals surface area contributed by atoms with Crippen LogP contribution >= 0.6 is 0 Å². The molecule has 1 amide bonds. The first kappa shape index (κ1) is 19.8. The third kappa shape index (κ3) is 4.40. The zero-order chi connectivity index (χ0) is 20.4. The van der Waals surface area contributed by atoms with Crippen LogP contribution in [0.3, 0.4) is 0 Å². The summed E-state index contributed by atoms with van der Waals surface area (Å²) >= 11 is 0. The number of benzene rings is 2. The second-order valence-corrected chi connectivity index (χ2v) is 9.79. The highest BCUT2D eigenvalue weighted by Gasteiger charge is 2.39. The van der Waals surface area contributed by atoms with Gasteiger partial charge in [0.2, 0.25) is 6.10 Å². The highest BCUT2D eigenvalue weighted by atomic mass is 32.2. The molecule has 2 aromatic carbocycles. The molecule has 2 atom stereocenters. The number of fused-ring (bicyclic) bond motifs is 1. The Labute approximate surface area is 171 Å². The first-order valence-electron chi connectivity index (χ1n) is 9.92. The lowest BCUT2D eigenvalue weighted by Gasteiger charge is -2.34. The Morgan fingerprint density at radius 3 is 2.41 bits per heavy atom. The molecule has 2 aromatic rings. The fourth-order valence-corrected chi connectivity index (χ4v) is 5.54. The van der Waals surface area contributed by atoms with Gasteiger partial charge in [0.05, 0.1) is 11.5 Å². The standard InChI is InChI=1S/C22H25NO5S/c1-2-16-7-9-17(10-8-16)13-23(18-11-12-29(25,26)15-18)22(24)21-14-27-19-5-3-4-6-20(19)28-21/h3-10,18,21H,2,11-15H2,1H3/t18-,21-/m1/s1. The molecule has 1 saturated heterocycles. The molecule has 0 radical (unpaired) electrons. The van der Waals surface area contributed by atoms with Gasteiger partial charge in [-0.1, -0.05) is 43.3 Å². The zero-order valence-electron chi connectivity index (χ0n) is 16.4. The van der Waals surface area contributed by atoms with E-state index in [0.29, 0.717) is 24.5 Å². The normalized spacial score (nSPS) is 22.2. The van der Waals surface area contributed by atoms with E-state index < -0.39 is 15.9 Å². The summed E-state index contributed by atoms with van der Waals surface area (Å²) in [6, 6.07) is 15.0. The molecular weight excluding hydrogens is 390 g/mol. The van der Waals surface area contributed by atoms with E-state index >= 15 is 0 Å². The third-order valence-corrected chi connectivity index (χ3v) is 7.25. The summed E-state index contributed by atoms with van der Waals surface area (Å²) < 4.78 is 35.7. The second-order valence-electron chi connectivity index (χ2n) is 7.56. The molecule has 2 heterocycles. The smallest absolute Gasteiger partial charge is 0.267 e. The molecular formula is C22H25NO5S. The van der Waals surface area contributed by atoms with Gasteiger partial charge < -0.3 is 14.4 Å². The van der Waals surface area contributed by atoms with Crippen LogP contribution in [0, 0.1) is 0 Å². The molecule has 0 aliphatic carbocycles. The minimum absolute atomic E-state index is 0.00402. The van der Waals surface area contributed by atoms with Gasteiger partial charge in [-0.2, -0.15) is 0 Å². The van der Waals surface area contributed by atoms with E-state index in [1.54, 1.807) is 17.0 Å². The Bertz CT molecular complexity index is 987. The predicted octanol–water partition coefficient (Wildman–Crippen LogP) is 2.60. The number of ether oxygens (including phenoxy) is 2. The van der Waals surface area contributed by atoms with Gasteiger partial charge in [0.15, 0.2) is 21.3 Å². The van der Waals surface area contributed by atoms with Crippen LogP contribution in [0.15, 0.2) is 48.5 Å². The summed E-state index contributed by atoms with van der Waals surface area (Å²) in [6.07, 6.45) is 0.602. The molecule has 0 N–H and O–H groups in total. The van der Waals surface area contributed by atoms with E-state index in [0.717, 1.165) is 12.0 Å². The van der Waals surface area contributed by atoms with Crippen LogP contribution in [-0.2, 0) is 27.6 Å². The van der Waals surface area contributed by atoms with Gasteiger partial charge in [-0.15, -0.1) is 0 Å². The minimum Gasteiger partial charge on any atom is -0.485 e. The lowest BCUT2D eigenvalue weighted by atomic mass is 10.1. The molecule has 0 bridgehead atoms. The number of amides is 1. The molecule has 2 aliphatic heterocycles. The molecule has 0 aromatic heterocycles. The SMILES string of the molecule is CCc1ccc(CN(C(=O)[C@H]2COc3ccccc3O2)[C@@H]2CCS(=O)(=O)C2)cc1. The number of nitrogens with zero attached hydrogens (tertiary/aromatic N) is 1. The van der Waals surface area contributed by atoms with Crippen LogP contribution in [-0.4, -0.2) is 49.5 Å². The summed E-state index contributed by atoms with van der Waals surface area (Å²) in [5, 5.41) is 0. The van der Waals surface area contributed by atoms with Gasteiger partial charge in [0, 0.05) is 12.6 Å². The van der Waals surface area contributed by atoms with Crippen molar-refractivity contribution < 1.29 is 22.7 Å². The molecule has 1 fully saturated rings. The molecule has 0 spiro atoms. The van der Waals surface area contributed by atoms with Crippen LogP contribution < -0.4 is 9.47 Å². The Morgan fingerprint density at radius 1 is 1.07 bits per heavy atom. The van der Waals surface area contributed by atoms with Crippen molar-refractivity contribution in [1.82, 2.24) is 4.90 Å². The van der Waals surface area contributed by atoms with Crippen molar-refractivity contribution in [3.05, 3.63) is 59.7 Å². The Balaban J connectivity index is 1.56. The largest absolute Gasteiger partial charge is 0.485 e. The first-order valence-corrected chi connectivity index (χ1v) is 11.7. The van der Waals surface area contributed by atoms with Crippen LogP contribution in [0.25, 0.3) is 0 Å². The van der Waals surface area contributed by atoms with E-state index in [-0.39, 0.29) is 30.1 Å². The van der Waals surface area contributed by atoms with Crippen molar-refractivity contribution in [3.8, 4) is 11.5 Å². The van der Waals surface area contributed by atoms with Crippen molar-refractivity contribution in [1.29, 1.82) is 0 Å². The van der Waals surface area contributed by atoms with Crippen molar-refractivity contribution in [3.63, 3.8) is 0 Å². The maximum Gasteiger partial charge on any atom is 0.267 e. The average molecular weight is 416 g/mol. The summed E-state index contributed by atoms with van der Waals surface area (Å²) in [7, 11) is -3.12. The molecule has 6 nitrogen and oxygen atoms in total. The molecule has 0 saturated carbocycles. The van der Waals surface area contributed by atoms with Gasteiger partial charge in [-0.25, -0.2) is 8.42 Å². The van der Waals surface area contributed by atoms with E-state index in [9.17, 15) is 13.2 Å². The summed E-state index contributed by atoms with van der Waals surface area (Å²) in [6.45, 7) is 2.55. The zero-order valence-corrected chi connectivity index (χ0v) is 17.2. The Morgan fingerprint density at radius 2 is 1.76 bits per heavy atom. The quantitative estimate of drug-likeness (QED) is 0.751. The van der Waals surface area contributed by atoms with E-state index in [4.69, 9.17) is 9.47 Å². The molecule has 0 unspecified atom stereocenters. The number of para-hydroxylation sites is 2. The molecule has 4 rings (SSSR count). The molecule has 2 aliphatic rings. The van der Waals surface area contributed by atoms with Gasteiger partial charge in [0.25, 0.3) is 5.91 Å². The van der Waals surface area contributed by atoms with Crippen molar-refractivity contribution in [2.24, 2.45) is 0 Å². The highest BCUT2D eigenvalue weighted by molar-refractivity contribution is 7.91. The number of rotatable bonds is 5. The minimum atomic E-state index is -3.12. The number of hydrogen-bond donors (Lipinski definition) is 0. The van der Waals surface area contributed by atoms with Gasteiger partial charge in [-0.05, 0) is 36.1 Å². The van der Waals surface area contributed by atoms with Crippen LogP contribution in [0.2, 0.25) is 0 Å². The third-order valence-electron chi connectivity index (χ3n) is 5.50. The van der Waals surface area contributed by atoms with Crippen LogP contribution in [0.1, 0.15) is 24.5 Å². The molecule has 29 heavy (non-hydrogen) atoms. The Kier molecular flexibility index (Phi) is 5.50. The predicted molar refractivity (Wildman–Crippen MR) is 110 cm³/mol. The fourth-order valence-electron chi connectivity index (χ4n) is 3.81. The number of sulfone groups is 1. The van der Waals surface area contributed by atoms with E-state index in [2.05, 4.69) is 6.92 Å². The number of aryl methyl sites for hydroxylation is 1. The lowest BCUT2D eigenvalue weighted by molar-refractivity contribution is -0.143. The van der Waals surface area contributed by atoms with Crippen LogP contribution in [0.5, 0.6) is 11.5 Å². The average Bonchev–Trinajstić information content (AvgIpc) is 3.11. The van der Waals surface area contributed by atoms with E-state index in [1.165, 1.54) is 5.56 Å². The lowest BCUT2D eigenvalue weighted by Crippen LogP contribution is -2.50.